The normalized spacial score (nSPS) is 21.1. The number of hydrogen-bond acceptors (Lipinski definition) is 8. The molecule has 1 aliphatic rings. The maximum atomic E-state index is 13.2. The van der Waals surface area contributed by atoms with Gasteiger partial charge in [-0.15, -0.1) is 0 Å². The molecule has 234 valence electrons. The van der Waals surface area contributed by atoms with Crippen molar-refractivity contribution >= 4 is 17.9 Å². The van der Waals surface area contributed by atoms with Crippen LogP contribution < -0.4 is 0 Å². The zero-order chi connectivity index (χ0) is 31.3. The molecule has 0 radical (unpaired) electrons. The molecular weight excluding hydrogens is 510 g/mol. The standard InChI is InChI=1S/C31H59N3O6/c1-27(2,3)20-34(19-26(38)40-30(10,11)12)31(13)21-32(18-25(37)39-29(7,8)9)16-17-33(22-31)23(28(4,5)6)14-15-24(35)36/h23H,14-22H2,1-13H3,(H,35,36). The summed E-state index contributed by atoms with van der Waals surface area (Å²) in [4.78, 5) is 44.3. The first-order valence-electron chi connectivity index (χ1n) is 14.7. The number of carboxylic acid groups (broad SMARTS) is 1. The third-order valence-electron chi connectivity index (χ3n) is 6.82. The van der Waals surface area contributed by atoms with Crippen LogP contribution in [0, 0.1) is 10.8 Å². The van der Waals surface area contributed by atoms with E-state index >= 15 is 0 Å². The molecule has 1 aliphatic heterocycles. The van der Waals surface area contributed by atoms with Gasteiger partial charge in [0.05, 0.1) is 13.1 Å². The van der Waals surface area contributed by atoms with Crippen LogP contribution in [0.1, 0.15) is 103 Å². The molecular formula is C31H59N3O6. The highest BCUT2D eigenvalue weighted by molar-refractivity contribution is 5.73. The van der Waals surface area contributed by atoms with Gasteiger partial charge in [-0.25, -0.2) is 0 Å². The van der Waals surface area contributed by atoms with Crippen molar-refractivity contribution in [1.82, 2.24) is 14.7 Å². The summed E-state index contributed by atoms with van der Waals surface area (Å²) in [6.07, 6.45) is 0.604. The van der Waals surface area contributed by atoms with Gasteiger partial charge in [0.15, 0.2) is 0 Å². The Morgan fingerprint density at radius 2 is 1.38 bits per heavy atom. The molecule has 1 fully saturated rings. The summed E-state index contributed by atoms with van der Waals surface area (Å²) in [7, 11) is 0. The summed E-state index contributed by atoms with van der Waals surface area (Å²) in [6, 6.07) is 0.00224. The lowest BCUT2D eigenvalue weighted by molar-refractivity contribution is -0.160. The minimum Gasteiger partial charge on any atom is -0.481 e. The van der Waals surface area contributed by atoms with Gasteiger partial charge < -0.3 is 14.6 Å². The molecule has 0 aromatic rings. The quantitative estimate of drug-likeness (QED) is 0.376. The van der Waals surface area contributed by atoms with Gasteiger partial charge >= 0.3 is 17.9 Å². The van der Waals surface area contributed by atoms with Crippen LogP contribution in [0.5, 0.6) is 0 Å². The molecule has 0 spiro atoms. The lowest BCUT2D eigenvalue weighted by atomic mass is 9.81. The second kappa shape index (κ2) is 13.5. The summed E-state index contributed by atoms with van der Waals surface area (Å²) >= 11 is 0. The number of nitrogens with zero attached hydrogens (tertiary/aromatic N) is 3. The molecule has 0 aromatic carbocycles. The fraction of sp³-hybridized carbons (Fsp3) is 0.903. The second-order valence-electron chi connectivity index (χ2n) is 16.1. The number of ether oxygens (including phenoxy) is 2. The van der Waals surface area contributed by atoms with Gasteiger partial charge in [-0.1, -0.05) is 41.5 Å². The van der Waals surface area contributed by atoms with E-state index in [2.05, 4.69) is 63.2 Å². The molecule has 2 atom stereocenters. The van der Waals surface area contributed by atoms with E-state index in [9.17, 15) is 19.5 Å². The van der Waals surface area contributed by atoms with Crippen molar-refractivity contribution in [3.63, 3.8) is 0 Å². The Labute approximate surface area is 243 Å². The van der Waals surface area contributed by atoms with Crippen LogP contribution in [-0.2, 0) is 23.9 Å². The number of carbonyl (C=O) groups excluding carboxylic acids is 2. The highest BCUT2D eigenvalue weighted by Gasteiger charge is 2.44. The first-order chi connectivity index (χ1) is 17.8. The van der Waals surface area contributed by atoms with Crippen molar-refractivity contribution in [2.45, 2.75) is 126 Å². The number of rotatable bonds is 10. The number of carbonyl (C=O) groups is 3. The Morgan fingerprint density at radius 3 is 1.82 bits per heavy atom. The van der Waals surface area contributed by atoms with Crippen molar-refractivity contribution < 1.29 is 29.0 Å². The monoisotopic (exact) mass is 569 g/mol. The van der Waals surface area contributed by atoms with Gasteiger partial charge in [0.1, 0.15) is 11.2 Å². The van der Waals surface area contributed by atoms with E-state index in [0.717, 1.165) is 0 Å². The van der Waals surface area contributed by atoms with Gasteiger partial charge in [-0.2, -0.15) is 0 Å². The van der Waals surface area contributed by atoms with Crippen LogP contribution in [0.15, 0.2) is 0 Å². The van der Waals surface area contributed by atoms with Crippen LogP contribution in [0.4, 0.5) is 0 Å². The molecule has 1 N–H and O–H groups in total. The van der Waals surface area contributed by atoms with Crippen molar-refractivity contribution in [2.24, 2.45) is 10.8 Å². The van der Waals surface area contributed by atoms with Gasteiger partial charge in [0, 0.05) is 50.7 Å². The molecule has 0 saturated carbocycles. The summed E-state index contributed by atoms with van der Waals surface area (Å²) in [5.41, 5.74) is -1.99. The first kappa shape index (κ1) is 36.3. The van der Waals surface area contributed by atoms with Crippen molar-refractivity contribution in [1.29, 1.82) is 0 Å². The SMILES string of the molecule is CC(C)(C)CN(CC(=O)OC(C)(C)C)C1(C)CN(CC(=O)OC(C)(C)C)CCN(C(CCC(=O)O)C(C)(C)C)C1. The topological polar surface area (TPSA) is 99.6 Å². The number of esters is 2. The van der Waals surface area contributed by atoms with E-state index in [-0.39, 0.29) is 48.3 Å². The Balaban J connectivity index is 3.53. The number of aliphatic carboxylic acids is 1. The molecule has 0 bridgehead atoms. The molecule has 2 unspecified atom stereocenters. The number of hydrogen-bond donors (Lipinski definition) is 1. The predicted molar refractivity (Wildman–Crippen MR) is 159 cm³/mol. The zero-order valence-corrected chi connectivity index (χ0v) is 27.8. The van der Waals surface area contributed by atoms with E-state index < -0.39 is 22.7 Å². The Morgan fingerprint density at radius 1 is 0.850 bits per heavy atom. The molecule has 9 heteroatoms. The van der Waals surface area contributed by atoms with Crippen LogP contribution in [-0.4, -0.2) is 106 Å². The van der Waals surface area contributed by atoms with Crippen molar-refractivity contribution in [3.8, 4) is 0 Å². The van der Waals surface area contributed by atoms with E-state index in [4.69, 9.17) is 9.47 Å². The van der Waals surface area contributed by atoms with Crippen LogP contribution in [0.3, 0.4) is 0 Å². The van der Waals surface area contributed by atoms with E-state index in [1.165, 1.54) is 0 Å². The van der Waals surface area contributed by atoms with Gasteiger partial charge in [0.2, 0.25) is 0 Å². The highest BCUT2D eigenvalue weighted by Crippen LogP contribution is 2.33. The molecule has 1 saturated heterocycles. The van der Waals surface area contributed by atoms with Gasteiger partial charge in [0.25, 0.3) is 0 Å². The summed E-state index contributed by atoms with van der Waals surface area (Å²) < 4.78 is 11.4. The number of carboxylic acids is 1. The lowest BCUT2D eigenvalue weighted by Gasteiger charge is -2.48. The zero-order valence-electron chi connectivity index (χ0n) is 27.8. The molecule has 9 nitrogen and oxygen atoms in total. The smallest absolute Gasteiger partial charge is 0.320 e. The van der Waals surface area contributed by atoms with Crippen molar-refractivity contribution in [3.05, 3.63) is 0 Å². The van der Waals surface area contributed by atoms with Crippen LogP contribution in [0.2, 0.25) is 0 Å². The summed E-state index contributed by atoms with van der Waals surface area (Å²) in [5.74, 6) is -1.38. The van der Waals surface area contributed by atoms with E-state index in [1.54, 1.807) is 0 Å². The van der Waals surface area contributed by atoms with Crippen molar-refractivity contribution in [2.75, 3.05) is 45.8 Å². The maximum absolute atomic E-state index is 13.2. The molecule has 0 aromatic heterocycles. The van der Waals surface area contributed by atoms with E-state index in [1.807, 2.05) is 41.5 Å². The fourth-order valence-corrected chi connectivity index (χ4v) is 5.52. The lowest BCUT2D eigenvalue weighted by Crippen LogP contribution is -2.62. The highest BCUT2D eigenvalue weighted by atomic mass is 16.6. The summed E-state index contributed by atoms with van der Waals surface area (Å²) in [5, 5.41) is 9.49. The Bertz CT molecular complexity index is 862. The van der Waals surface area contributed by atoms with Crippen LogP contribution >= 0.6 is 0 Å². The maximum Gasteiger partial charge on any atom is 0.320 e. The first-order valence-corrected chi connectivity index (χ1v) is 14.7. The Hall–Kier alpha value is -1.71. The third-order valence-corrected chi connectivity index (χ3v) is 6.82. The van der Waals surface area contributed by atoms with E-state index in [0.29, 0.717) is 39.1 Å². The average molecular weight is 570 g/mol. The average Bonchev–Trinajstić information content (AvgIpc) is 2.81. The minimum atomic E-state index is -0.808. The molecule has 0 aliphatic carbocycles. The fourth-order valence-electron chi connectivity index (χ4n) is 5.52. The largest absolute Gasteiger partial charge is 0.481 e. The molecule has 1 heterocycles. The van der Waals surface area contributed by atoms with Crippen LogP contribution in [0.25, 0.3) is 0 Å². The Kier molecular flexibility index (Phi) is 12.3. The molecule has 0 amide bonds. The summed E-state index contributed by atoms with van der Waals surface area (Å²) in [6.45, 7) is 29.6. The molecule has 1 rings (SSSR count). The van der Waals surface area contributed by atoms with Gasteiger partial charge in [-0.05, 0) is 65.7 Å². The molecule has 40 heavy (non-hydrogen) atoms. The second-order valence-corrected chi connectivity index (χ2v) is 16.1. The minimum absolute atomic E-state index is 0.00224. The van der Waals surface area contributed by atoms with Gasteiger partial charge in [-0.3, -0.25) is 29.1 Å². The third kappa shape index (κ3) is 13.8. The predicted octanol–water partition coefficient (Wildman–Crippen LogP) is 4.67.